The molecule has 0 spiro atoms. The van der Waals surface area contributed by atoms with Crippen LogP contribution in [0, 0.1) is 0 Å². The van der Waals surface area contributed by atoms with E-state index in [9.17, 15) is 14.4 Å². The number of nitrogens with one attached hydrogen (secondary N) is 1. The van der Waals surface area contributed by atoms with Crippen molar-refractivity contribution in [1.29, 1.82) is 0 Å². The third-order valence-corrected chi connectivity index (χ3v) is 2.44. The maximum Gasteiger partial charge on any atom is 0.246 e. The largest absolute Gasteiger partial charge is 0.370 e. The van der Waals surface area contributed by atoms with Crippen LogP contribution in [0.1, 0.15) is 13.3 Å². The zero-order valence-electron chi connectivity index (χ0n) is 9.77. The monoisotopic (exact) mass is 243 g/mol. The van der Waals surface area contributed by atoms with Crippen molar-refractivity contribution in [2.45, 2.75) is 19.4 Å². The van der Waals surface area contributed by atoms with Crippen LogP contribution in [0.25, 0.3) is 0 Å². The average Bonchev–Trinajstić information content (AvgIpc) is 2.53. The van der Waals surface area contributed by atoms with Gasteiger partial charge in [-0.25, -0.2) is 0 Å². The second kappa shape index (κ2) is 6.31. The predicted octanol–water partition coefficient (Wildman–Crippen LogP) is -1.77. The Morgan fingerprint density at radius 3 is 2.82 bits per heavy atom. The molecule has 1 unspecified atom stereocenters. The highest BCUT2D eigenvalue weighted by Crippen LogP contribution is 2.11. The molecule has 1 aliphatic rings. The van der Waals surface area contributed by atoms with Gasteiger partial charge in [-0.2, -0.15) is 0 Å². The van der Waals surface area contributed by atoms with Crippen LogP contribution in [-0.4, -0.2) is 55.0 Å². The van der Waals surface area contributed by atoms with Crippen LogP contribution >= 0.6 is 0 Å². The summed E-state index contributed by atoms with van der Waals surface area (Å²) in [6, 6.07) is -0.473. The number of rotatable bonds is 7. The lowest BCUT2D eigenvalue weighted by Gasteiger charge is -2.12. The number of likely N-dealkylation sites (tertiary alicyclic amines) is 1. The number of nitrogens with two attached hydrogens (primary N) is 1. The fourth-order valence-electron chi connectivity index (χ4n) is 1.65. The van der Waals surface area contributed by atoms with Crippen LogP contribution in [-0.2, 0) is 19.1 Å². The van der Waals surface area contributed by atoms with Gasteiger partial charge in [0.05, 0.1) is 19.1 Å². The summed E-state index contributed by atoms with van der Waals surface area (Å²) >= 11 is 0. The Morgan fingerprint density at radius 1 is 1.59 bits per heavy atom. The third kappa shape index (κ3) is 3.79. The maximum atomic E-state index is 11.6. The molecule has 17 heavy (non-hydrogen) atoms. The molecule has 7 nitrogen and oxygen atoms in total. The maximum absolute atomic E-state index is 11.6. The first-order valence-corrected chi connectivity index (χ1v) is 5.50. The Kier molecular flexibility index (Phi) is 5.05. The zero-order valence-corrected chi connectivity index (χ0v) is 9.77. The minimum atomic E-state index is -0.533. The normalized spacial score (nSPS) is 20.1. The van der Waals surface area contributed by atoms with Crippen molar-refractivity contribution in [3.8, 4) is 0 Å². The molecule has 0 aromatic rings. The van der Waals surface area contributed by atoms with Gasteiger partial charge in [0, 0.05) is 13.1 Å². The topological polar surface area (TPSA) is 102 Å². The van der Waals surface area contributed by atoms with E-state index in [0.717, 1.165) is 0 Å². The molecule has 1 saturated heterocycles. The lowest BCUT2D eigenvalue weighted by atomic mass is 10.2. The summed E-state index contributed by atoms with van der Waals surface area (Å²) in [5, 5.41) is 2.91. The van der Waals surface area contributed by atoms with E-state index in [2.05, 4.69) is 5.32 Å². The highest BCUT2D eigenvalue weighted by Gasteiger charge is 2.36. The summed E-state index contributed by atoms with van der Waals surface area (Å²) in [6.07, 6.45) is 0.183. The number of ether oxygens (including phenoxy) is 1. The summed E-state index contributed by atoms with van der Waals surface area (Å²) in [5.74, 6) is -0.894. The van der Waals surface area contributed by atoms with Gasteiger partial charge in [-0.05, 0) is 6.92 Å². The summed E-state index contributed by atoms with van der Waals surface area (Å²) in [6.45, 7) is 2.68. The molecule has 1 atom stereocenters. The van der Waals surface area contributed by atoms with Crippen LogP contribution in [0.2, 0.25) is 0 Å². The van der Waals surface area contributed by atoms with Crippen LogP contribution in [0.4, 0.5) is 0 Å². The van der Waals surface area contributed by atoms with Crippen molar-refractivity contribution in [2.24, 2.45) is 5.73 Å². The standard InChI is InChI=1S/C10H17N3O4/c1-2-13-9(15)5-7(10(13)16)12-3-4-17-6-8(11)14/h7,12H,2-6H2,1H3,(H2,11,14). The number of nitrogens with zero attached hydrogens (tertiary/aromatic N) is 1. The second-order valence-corrected chi connectivity index (χ2v) is 3.71. The molecular weight excluding hydrogens is 226 g/mol. The van der Waals surface area contributed by atoms with Gasteiger partial charge in [0.1, 0.15) is 6.61 Å². The van der Waals surface area contributed by atoms with Crippen molar-refractivity contribution < 1.29 is 19.1 Å². The van der Waals surface area contributed by atoms with E-state index in [1.165, 1.54) is 4.90 Å². The van der Waals surface area contributed by atoms with E-state index in [4.69, 9.17) is 10.5 Å². The second-order valence-electron chi connectivity index (χ2n) is 3.71. The van der Waals surface area contributed by atoms with Crippen LogP contribution in [0.5, 0.6) is 0 Å². The lowest BCUT2D eigenvalue weighted by Crippen LogP contribution is -2.40. The fraction of sp³-hybridized carbons (Fsp3) is 0.700. The smallest absolute Gasteiger partial charge is 0.246 e. The fourth-order valence-corrected chi connectivity index (χ4v) is 1.65. The van der Waals surface area contributed by atoms with Crippen LogP contribution < -0.4 is 11.1 Å². The number of hydrogen-bond donors (Lipinski definition) is 2. The molecule has 0 radical (unpaired) electrons. The Labute approximate surface area is 99.3 Å². The van der Waals surface area contributed by atoms with Crippen molar-refractivity contribution in [1.82, 2.24) is 10.2 Å². The van der Waals surface area contributed by atoms with Gasteiger partial charge in [-0.15, -0.1) is 0 Å². The molecule has 0 aromatic carbocycles. The molecule has 1 rings (SSSR count). The molecule has 0 aromatic heterocycles. The number of carbonyl (C=O) groups excluding carboxylic acids is 3. The highest BCUT2D eigenvalue weighted by atomic mass is 16.5. The van der Waals surface area contributed by atoms with E-state index in [-0.39, 0.29) is 31.4 Å². The van der Waals surface area contributed by atoms with Crippen LogP contribution in [0.3, 0.4) is 0 Å². The van der Waals surface area contributed by atoms with Crippen molar-refractivity contribution in [3.63, 3.8) is 0 Å². The van der Waals surface area contributed by atoms with E-state index < -0.39 is 11.9 Å². The van der Waals surface area contributed by atoms with Crippen molar-refractivity contribution in [3.05, 3.63) is 0 Å². The van der Waals surface area contributed by atoms with Gasteiger partial charge in [0.25, 0.3) is 0 Å². The van der Waals surface area contributed by atoms with Gasteiger partial charge >= 0.3 is 0 Å². The minimum Gasteiger partial charge on any atom is -0.370 e. The van der Waals surface area contributed by atoms with Gasteiger partial charge in [-0.1, -0.05) is 0 Å². The Morgan fingerprint density at radius 2 is 2.29 bits per heavy atom. The van der Waals surface area contributed by atoms with Gasteiger partial charge in [0.2, 0.25) is 17.7 Å². The molecule has 0 bridgehead atoms. The Hall–Kier alpha value is -1.47. The summed E-state index contributed by atoms with van der Waals surface area (Å²) in [5.41, 5.74) is 4.88. The molecule has 1 heterocycles. The quantitative estimate of drug-likeness (QED) is 0.407. The van der Waals surface area contributed by atoms with Crippen LogP contribution in [0.15, 0.2) is 0 Å². The first kappa shape index (κ1) is 13.6. The summed E-state index contributed by atoms with van der Waals surface area (Å²) < 4.78 is 4.92. The van der Waals surface area contributed by atoms with Gasteiger partial charge < -0.3 is 15.8 Å². The van der Waals surface area contributed by atoms with Crippen molar-refractivity contribution in [2.75, 3.05) is 26.3 Å². The van der Waals surface area contributed by atoms with E-state index in [0.29, 0.717) is 13.1 Å². The molecule has 7 heteroatoms. The number of carbonyl (C=O) groups is 3. The predicted molar refractivity (Wildman–Crippen MR) is 58.8 cm³/mol. The first-order valence-electron chi connectivity index (χ1n) is 5.50. The van der Waals surface area contributed by atoms with Crippen molar-refractivity contribution >= 4 is 17.7 Å². The molecule has 96 valence electrons. The molecule has 1 fully saturated rings. The Bertz CT molecular complexity index is 319. The average molecular weight is 243 g/mol. The van der Waals surface area contributed by atoms with Gasteiger partial charge in [-0.3, -0.25) is 19.3 Å². The molecule has 3 amide bonds. The number of likely N-dealkylation sites (N-methyl/N-ethyl adjacent to an activating group) is 1. The van der Waals surface area contributed by atoms with E-state index in [1.807, 2.05) is 0 Å². The first-order chi connectivity index (χ1) is 8.06. The Balaban J connectivity index is 2.22. The summed E-state index contributed by atoms with van der Waals surface area (Å²) in [4.78, 5) is 34.6. The zero-order chi connectivity index (χ0) is 12.8. The van der Waals surface area contributed by atoms with E-state index in [1.54, 1.807) is 6.92 Å². The number of primary amides is 1. The summed E-state index contributed by atoms with van der Waals surface area (Å²) in [7, 11) is 0. The molecule has 0 aliphatic carbocycles. The molecule has 3 N–H and O–H groups in total. The highest BCUT2D eigenvalue weighted by molar-refractivity contribution is 6.05. The molecular formula is C10H17N3O4. The third-order valence-electron chi connectivity index (χ3n) is 2.44. The minimum absolute atomic E-state index is 0.139. The lowest BCUT2D eigenvalue weighted by molar-refractivity contribution is -0.138. The SMILES string of the molecule is CCN1C(=O)CC(NCCOCC(N)=O)C1=O. The molecule has 1 aliphatic heterocycles. The van der Waals surface area contributed by atoms with E-state index >= 15 is 0 Å². The number of imide groups is 1. The van der Waals surface area contributed by atoms with Gasteiger partial charge in [0.15, 0.2) is 0 Å². The molecule has 0 saturated carbocycles. The number of amides is 3. The number of hydrogen-bond acceptors (Lipinski definition) is 5.